The second-order valence-electron chi connectivity index (χ2n) is 2.74. The summed E-state index contributed by atoms with van der Waals surface area (Å²) in [5.74, 6) is 0.122. The van der Waals surface area contributed by atoms with E-state index in [0.29, 0.717) is 6.42 Å². The number of aliphatic hydroxyl groups excluding tert-OH is 2. The van der Waals surface area contributed by atoms with E-state index >= 15 is 0 Å². The summed E-state index contributed by atoms with van der Waals surface area (Å²) in [5, 5.41) is 17.8. The van der Waals surface area contributed by atoms with Gasteiger partial charge in [0, 0.05) is 12.5 Å². The van der Waals surface area contributed by atoms with Crippen LogP contribution in [0.2, 0.25) is 5.82 Å². The first-order chi connectivity index (χ1) is 4.24. The molecule has 2 radical (unpaired) electrons. The Morgan fingerprint density at radius 2 is 2.11 bits per heavy atom. The lowest BCUT2D eigenvalue weighted by Crippen LogP contribution is -2.16. The van der Waals surface area contributed by atoms with Crippen molar-refractivity contribution >= 4 is 7.85 Å². The van der Waals surface area contributed by atoms with E-state index in [0.717, 1.165) is 6.42 Å². The quantitative estimate of drug-likeness (QED) is 0.474. The van der Waals surface area contributed by atoms with Crippen LogP contribution >= 0.6 is 0 Å². The molecule has 0 saturated heterocycles. The zero-order chi connectivity index (χ0) is 6.85. The SMILES string of the molecule is [B][C@@H]1C[C@H](CO)[C@H](O)C1. The Morgan fingerprint density at radius 3 is 2.33 bits per heavy atom. The van der Waals surface area contributed by atoms with Crippen LogP contribution in [-0.4, -0.2) is 30.8 Å². The normalized spacial score (nSPS) is 43.6. The Hall–Kier alpha value is -0.0151. The molecular formula is C6H11BO2. The van der Waals surface area contributed by atoms with E-state index in [1.165, 1.54) is 0 Å². The van der Waals surface area contributed by atoms with Crippen LogP contribution in [0.25, 0.3) is 0 Å². The molecule has 1 aliphatic rings. The summed E-state index contributed by atoms with van der Waals surface area (Å²) >= 11 is 0. The predicted molar refractivity (Wildman–Crippen MR) is 35.3 cm³/mol. The van der Waals surface area contributed by atoms with Crippen LogP contribution in [-0.2, 0) is 0 Å². The third-order valence-corrected chi connectivity index (χ3v) is 1.93. The summed E-state index contributed by atoms with van der Waals surface area (Å²) in [6, 6.07) is 0. The Morgan fingerprint density at radius 1 is 1.44 bits per heavy atom. The molecule has 0 heterocycles. The average molecular weight is 126 g/mol. The van der Waals surface area contributed by atoms with Gasteiger partial charge in [-0.1, -0.05) is 12.2 Å². The lowest BCUT2D eigenvalue weighted by atomic mass is 9.85. The summed E-state index contributed by atoms with van der Waals surface area (Å²) in [7, 11) is 5.52. The molecule has 0 amide bonds. The smallest absolute Gasteiger partial charge is 0.0700 e. The van der Waals surface area contributed by atoms with Crippen LogP contribution in [0, 0.1) is 5.92 Å². The summed E-state index contributed by atoms with van der Waals surface area (Å²) < 4.78 is 0. The van der Waals surface area contributed by atoms with Crippen molar-refractivity contribution in [3.05, 3.63) is 0 Å². The molecule has 2 nitrogen and oxygen atoms in total. The fraction of sp³-hybridized carbons (Fsp3) is 1.00. The molecule has 0 bridgehead atoms. The highest BCUT2D eigenvalue weighted by molar-refractivity contribution is 6.11. The van der Waals surface area contributed by atoms with Crippen molar-refractivity contribution in [1.29, 1.82) is 0 Å². The largest absolute Gasteiger partial charge is 0.396 e. The zero-order valence-corrected chi connectivity index (χ0v) is 5.33. The van der Waals surface area contributed by atoms with E-state index in [2.05, 4.69) is 0 Å². The lowest BCUT2D eigenvalue weighted by Gasteiger charge is -2.08. The number of rotatable bonds is 1. The second-order valence-corrected chi connectivity index (χ2v) is 2.74. The number of aliphatic hydroxyl groups is 2. The minimum atomic E-state index is -0.370. The minimum absolute atomic E-state index is 0.0278. The molecule has 3 heteroatoms. The van der Waals surface area contributed by atoms with Crippen LogP contribution in [0.3, 0.4) is 0 Å². The average Bonchev–Trinajstić information content (AvgIpc) is 2.10. The lowest BCUT2D eigenvalue weighted by molar-refractivity contribution is 0.0909. The van der Waals surface area contributed by atoms with Gasteiger partial charge in [-0.25, -0.2) is 0 Å². The third-order valence-electron chi connectivity index (χ3n) is 1.93. The van der Waals surface area contributed by atoms with Gasteiger partial charge in [-0.3, -0.25) is 0 Å². The van der Waals surface area contributed by atoms with Gasteiger partial charge < -0.3 is 10.2 Å². The maximum atomic E-state index is 9.12. The zero-order valence-electron chi connectivity index (χ0n) is 5.33. The molecule has 0 aromatic carbocycles. The van der Waals surface area contributed by atoms with Gasteiger partial charge in [0.15, 0.2) is 0 Å². The maximum absolute atomic E-state index is 9.12. The van der Waals surface area contributed by atoms with E-state index in [1.54, 1.807) is 0 Å². The van der Waals surface area contributed by atoms with Gasteiger partial charge >= 0.3 is 0 Å². The molecular weight excluding hydrogens is 115 g/mol. The van der Waals surface area contributed by atoms with E-state index in [4.69, 9.17) is 18.1 Å². The van der Waals surface area contributed by atoms with Gasteiger partial charge in [0.2, 0.25) is 0 Å². The third kappa shape index (κ3) is 1.46. The van der Waals surface area contributed by atoms with E-state index in [-0.39, 0.29) is 24.4 Å². The van der Waals surface area contributed by atoms with Crippen molar-refractivity contribution in [2.75, 3.05) is 6.61 Å². The van der Waals surface area contributed by atoms with Gasteiger partial charge in [-0.15, -0.1) is 0 Å². The van der Waals surface area contributed by atoms with Crippen LogP contribution in [0.5, 0.6) is 0 Å². The van der Waals surface area contributed by atoms with Gasteiger partial charge in [0.1, 0.15) is 0 Å². The highest BCUT2D eigenvalue weighted by Gasteiger charge is 2.28. The molecule has 1 saturated carbocycles. The van der Waals surface area contributed by atoms with Crippen molar-refractivity contribution in [2.24, 2.45) is 5.92 Å². The van der Waals surface area contributed by atoms with Crippen molar-refractivity contribution in [1.82, 2.24) is 0 Å². The Bertz CT molecular complexity index is 97.1. The van der Waals surface area contributed by atoms with E-state index < -0.39 is 0 Å². The summed E-state index contributed by atoms with van der Waals surface area (Å²) in [6.07, 6.45) is 1.04. The molecule has 1 aliphatic carbocycles. The van der Waals surface area contributed by atoms with Gasteiger partial charge in [0.05, 0.1) is 14.0 Å². The first-order valence-corrected chi connectivity index (χ1v) is 3.28. The van der Waals surface area contributed by atoms with Crippen molar-refractivity contribution in [3.63, 3.8) is 0 Å². The van der Waals surface area contributed by atoms with Crippen LogP contribution in [0.4, 0.5) is 0 Å². The fourth-order valence-electron chi connectivity index (χ4n) is 1.34. The Kier molecular flexibility index (Phi) is 2.14. The van der Waals surface area contributed by atoms with Crippen molar-refractivity contribution in [3.8, 4) is 0 Å². The maximum Gasteiger partial charge on any atom is 0.0700 e. The van der Waals surface area contributed by atoms with Gasteiger partial charge in [-0.2, -0.15) is 0 Å². The molecule has 0 aromatic rings. The minimum Gasteiger partial charge on any atom is -0.396 e. The Balaban J connectivity index is 2.38. The monoisotopic (exact) mass is 126 g/mol. The Labute approximate surface area is 56.3 Å². The van der Waals surface area contributed by atoms with E-state index in [9.17, 15) is 0 Å². The second kappa shape index (κ2) is 2.71. The fourth-order valence-corrected chi connectivity index (χ4v) is 1.34. The van der Waals surface area contributed by atoms with Crippen LogP contribution < -0.4 is 0 Å². The molecule has 0 aliphatic heterocycles. The molecule has 2 N–H and O–H groups in total. The summed E-state index contributed by atoms with van der Waals surface area (Å²) in [5.41, 5.74) is 0. The topological polar surface area (TPSA) is 40.5 Å². The highest BCUT2D eigenvalue weighted by atomic mass is 16.3. The molecule has 0 aromatic heterocycles. The van der Waals surface area contributed by atoms with Crippen LogP contribution in [0.15, 0.2) is 0 Å². The van der Waals surface area contributed by atoms with Gasteiger partial charge in [-0.05, 0) is 6.42 Å². The van der Waals surface area contributed by atoms with Gasteiger partial charge in [0.25, 0.3) is 0 Å². The molecule has 3 atom stereocenters. The molecule has 9 heavy (non-hydrogen) atoms. The number of hydrogen-bond acceptors (Lipinski definition) is 2. The number of hydrogen-bond donors (Lipinski definition) is 2. The summed E-state index contributed by atoms with van der Waals surface area (Å²) in [4.78, 5) is 0. The van der Waals surface area contributed by atoms with Crippen LogP contribution in [0.1, 0.15) is 12.8 Å². The summed E-state index contributed by atoms with van der Waals surface area (Å²) in [6.45, 7) is 0.0644. The molecule has 1 fully saturated rings. The van der Waals surface area contributed by atoms with E-state index in [1.807, 2.05) is 0 Å². The molecule has 0 unspecified atom stereocenters. The molecule has 50 valence electrons. The predicted octanol–water partition coefficient (Wildman–Crippen LogP) is -0.293. The first kappa shape index (κ1) is 7.10. The van der Waals surface area contributed by atoms with Crippen molar-refractivity contribution in [2.45, 2.75) is 24.8 Å². The first-order valence-electron chi connectivity index (χ1n) is 3.28. The standard InChI is InChI=1S/C6H11BO2/c7-5-1-4(3-8)6(9)2-5/h4-6,8-9H,1-3H2/t4-,5-,6-/m1/s1. The highest BCUT2D eigenvalue weighted by Crippen LogP contribution is 2.32. The molecule has 0 spiro atoms. The molecule has 1 rings (SSSR count). The van der Waals surface area contributed by atoms with Crippen molar-refractivity contribution < 1.29 is 10.2 Å².